The third kappa shape index (κ3) is 2.04. The Balaban J connectivity index is 2.94. The Hall–Kier alpha value is -0.530. The molecule has 1 heterocycles. The summed E-state index contributed by atoms with van der Waals surface area (Å²) >= 11 is 0. The minimum atomic E-state index is -0.0723. The number of carbonyl (C=O) groups excluding carboxylic acids is 1. The van der Waals surface area contributed by atoms with Gasteiger partial charge < -0.3 is 5.32 Å². The van der Waals surface area contributed by atoms with Crippen LogP contribution in [0.2, 0.25) is 0 Å². The average molecular weight is 183 g/mol. The van der Waals surface area contributed by atoms with Crippen molar-refractivity contribution in [3.8, 4) is 0 Å². The average Bonchev–Trinajstić information content (AvgIpc) is 2.03. The van der Waals surface area contributed by atoms with Crippen LogP contribution >= 0.6 is 0 Å². The Morgan fingerprint density at radius 1 is 1.31 bits per heavy atom. The zero-order chi connectivity index (χ0) is 10.3. The molecule has 1 aliphatic heterocycles. The van der Waals surface area contributed by atoms with Gasteiger partial charge in [-0.25, -0.2) is 0 Å². The maximum Gasteiger partial charge on any atom is 0.220 e. The van der Waals surface area contributed by atoms with Crippen molar-refractivity contribution in [3.63, 3.8) is 0 Å². The lowest BCUT2D eigenvalue weighted by atomic mass is 9.69. The van der Waals surface area contributed by atoms with Gasteiger partial charge in [-0.1, -0.05) is 20.8 Å². The van der Waals surface area contributed by atoms with Gasteiger partial charge >= 0.3 is 0 Å². The Labute approximate surface area is 81.1 Å². The molecule has 0 aliphatic carbocycles. The molecular formula is C11H21NO. The van der Waals surface area contributed by atoms with E-state index in [0.717, 1.165) is 6.42 Å². The molecule has 0 aromatic rings. The second-order valence-electron chi connectivity index (χ2n) is 5.48. The number of nitrogens with one attached hydrogen (secondary N) is 1. The van der Waals surface area contributed by atoms with E-state index in [-0.39, 0.29) is 16.9 Å². The van der Waals surface area contributed by atoms with Gasteiger partial charge in [0.2, 0.25) is 5.91 Å². The van der Waals surface area contributed by atoms with Crippen molar-refractivity contribution in [1.82, 2.24) is 5.32 Å². The summed E-state index contributed by atoms with van der Waals surface area (Å²) in [6, 6.07) is 0. The van der Waals surface area contributed by atoms with Crippen LogP contribution in [-0.2, 0) is 4.79 Å². The normalized spacial score (nSPS) is 32.1. The van der Waals surface area contributed by atoms with E-state index in [1.807, 2.05) is 0 Å². The van der Waals surface area contributed by atoms with E-state index in [4.69, 9.17) is 0 Å². The highest BCUT2D eigenvalue weighted by atomic mass is 16.1. The Kier molecular flexibility index (Phi) is 2.44. The molecule has 1 rings (SSSR count). The largest absolute Gasteiger partial charge is 0.351 e. The molecule has 0 radical (unpaired) electrons. The Bertz CT molecular complexity index is 218. The van der Waals surface area contributed by atoms with Crippen LogP contribution < -0.4 is 5.32 Å². The summed E-state index contributed by atoms with van der Waals surface area (Å²) < 4.78 is 0. The monoisotopic (exact) mass is 183 g/mol. The predicted octanol–water partition coefficient (Wildman–Crippen LogP) is 2.34. The molecule has 2 nitrogen and oxygen atoms in total. The van der Waals surface area contributed by atoms with E-state index in [9.17, 15) is 4.79 Å². The topological polar surface area (TPSA) is 29.1 Å². The highest BCUT2D eigenvalue weighted by Gasteiger charge is 2.40. The van der Waals surface area contributed by atoms with E-state index >= 15 is 0 Å². The zero-order valence-corrected chi connectivity index (χ0v) is 9.40. The molecule has 0 unspecified atom stereocenters. The van der Waals surface area contributed by atoms with Crippen molar-refractivity contribution >= 4 is 5.91 Å². The highest BCUT2D eigenvalue weighted by Crippen LogP contribution is 2.40. The van der Waals surface area contributed by atoms with Crippen LogP contribution in [0.3, 0.4) is 0 Å². The lowest BCUT2D eigenvalue weighted by Crippen LogP contribution is -2.49. The summed E-state index contributed by atoms with van der Waals surface area (Å²) in [4.78, 5) is 11.4. The van der Waals surface area contributed by atoms with Crippen molar-refractivity contribution < 1.29 is 4.79 Å². The van der Waals surface area contributed by atoms with Gasteiger partial charge in [0.25, 0.3) is 0 Å². The molecule has 2 heteroatoms. The van der Waals surface area contributed by atoms with E-state index in [1.54, 1.807) is 0 Å². The summed E-state index contributed by atoms with van der Waals surface area (Å²) in [7, 11) is 0. The number of carbonyl (C=O) groups is 1. The predicted molar refractivity (Wildman–Crippen MR) is 54.4 cm³/mol. The highest BCUT2D eigenvalue weighted by molar-refractivity contribution is 5.77. The molecule has 76 valence electrons. The van der Waals surface area contributed by atoms with Crippen molar-refractivity contribution in [2.45, 2.75) is 53.0 Å². The number of amides is 1. The first kappa shape index (κ1) is 10.6. The van der Waals surface area contributed by atoms with Crippen LogP contribution in [0.1, 0.15) is 47.5 Å². The minimum Gasteiger partial charge on any atom is -0.351 e. The van der Waals surface area contributed by atoms with Crippen LogP contribution in [0.4, 0.5) is 0 Å². The first-order valence-electron chi connectivity index (χ1n) is 5.07. The number of rotatable bonds is 0. The van der Waals surface area contributed by atoms with Gasteiger partial charge in [-0.15, -0.1) is 0 Å². The van der Waals surface area contributed by atoms with Crippen molar-refractivity contribution in [2.24, 2.45) is 11.3 Å². The van der Waals surface area contributed by atoms with Crippen molar-refractivity contribution in [1.29, 1.82) is 0 Å². The molecule has 0 spiro atoms. The van der Waals surface area contributed by atoms with Crippen LogP contribution in [0.5, 0.6) is 0 Å². The molecule has 0 aromatic carbocycles. The van der Waals surface area contributed by atoms with Crippen LogP contribution in [0.15, 0.2) is 0 Å². The van der Waals surface area contributed by atoms with Gasteiger partial charge in [-0.2, -0.15) is 0 Å². The number of hydrogen-bond donors (Lipinski definition) is 1. The molecule has 13 heavy (non-hydrogen) atoms. The van der Waals surface area contributed by atoms with E-state index < -0.39 is 0 Å². The third-order valence-corrected chi connectivity index (χ3v) is 3.71. The van der Waals surface area contributed by atoms with E-state index in [1.165, 1.54) is 0 Å². The van der Waals surface area contributed by atoms with Gasteiger partial charge in [0, 0.05) is 12.0 Å². The quantitative estimate of drug-likeness (QED) is 0.613. The zero-order valence-electron chi connectivity index (χ0n) is 9.40. The van der Waals surface area contributed by atoms with Gasteiger partial charge in [-0.3, -0.25) is 4.79 Å². The minimum absolute atomic E-state index is 0.0723. The first-order chi connectivity index (χ1) is 5.76. The summed E-state index contributed by atoms with van der Waals surface area (Å²) in [5.41, 5.74) is 0.180. The first-order valence-corrected chi connectivity index (χ1v) is 5.07. The third-order valence-electron chi connectivity index (χ3n) is 3.71. The maximum atomic E-state index is 11.4. The smallest absolute Gasteiger partial charge is 0.220 e. The molecule has 1 N–H and O–H groups in total. The summed E-state index contributed by atoms with van der Waals surface area (Å²) in [6.07, 6.45) is 1.66. The molecule has 1 amide bonds. The number of hydrogen-bond acceptors (Lipinski definition) is 1. The van der Waals surface area contributed by atoms with Gasteiger partial charge in [0.1, 0.15) is 0 Å². The van der Waals surface area contributed by atoms with Gasteiger partial charge in [-0.05, 0) is 31.6 Å². The molecule has 1 fully saturated rings. The fourth-order valence-electron chi connectivity index (χ4n) is 2.16. The standard InChI is InChI=1S/C11H21NO/c1-8-10(2,3)7-6-9(13)12-11(8,4)5/h8H,6-7H2,1-5H3,(H,12,13)/t8-/m0/s1. The van der Waals surface area contributed by atoms with Crippen LogP contribution in [0, 0.1) is 11.3 Å². The second kappa shape index (κ2) is 3.00. The summed E-state index contributed by atoms with van der Waals surface area (Å²) in [5.74, 6) is 0.703. The van der Waals surface area contributed by atoms with Gasteiger partial charge in [0.05, 0.1) is 0 Å². The lowest BCUT2D eigenvalue weighted by Gasteiger charge is -2.40. The van der Waals surface area contributed by atoms with E-state index in [2.05, 4.69) is 39.9 Å². The summed E-state index contributed by atoms with van der Waals surface area (Å²) in [6.45, 7) is 11.0. The maximum absolute atomic E-state index is 11.4. The molecule has 1 atom stereocenters. The SMILES string of the molecule is C[C@H]1C(C)(C)CCC(=O)NC1(C)C. The molecule has 1 saturated heterocycles. The van der Waals surface area contributed by atoms with Crippen molar-refractivity contribution in [3.05, 3.63) is 0 Å². The fourth-order valence-corrected chi connectivity index (χ4v) is 2.16. The summed E-state index contributed by atoms with van der Waals surface area (Å²) in [5, 5.41) is 3.08. The van der Waals surface area contributed by atoms with E-state index in [0.29, 0.717) is 12.3 Å². The molecule has 1 aliphatic rings. The second-order valence-corrected chi connectivity index (χ2v) is 5.48. The molecule has 0 aromatic heterocycles. The van der Waals surface area contributed by atoms with Gasteiger partial charge in [0.15, 0.2) is 0 Å². The molecule has 0 bridgehead atoms. The van der Waals surface area contributed by atoms with Crippen molar-refractivity contribution in [2.75, 3.05) is 0 Å². The lowest BCUT2D eigenvalue weighted by molar-refractivity contribution is -0.122. The van der Waals surface area contributed by atoms with Crippen LogP contribution in [-0.4, -0.2) is 11.4 Å². The Morgan fingerprint density at radius 3 is 2.38 bits per heavy atom. The van der Waals surface area contributed by atoms with Crippen LogP contribution in [0.25, 0.3) is 0 Å². The Morgan fingerprint density at radius 2 is 1.85 bits per heavy atom. The molecule has 0 saturated carbocycles. The fraction of sp³-hybridized carbons (Fsp3) is 0.909. The molecular weight excluding hydrogens is 162 g/mol.